The summed E-state index contributed by atoms with van der Waals surface area (Å²) in [5.74, 6) is -2.49. The summed E-state index contributed by atoms with van der Waals surface area (Å²) in [7, 11) is -10.3. The number of nitrogen functional groups attached to an aromatic ring is 1. The summed E-state index contributed by atoms with van der Waals surface area (Å²) < 4.78 is 69.5. The minimum atomic E-state index is -5.16. The number of non-ortho nitro benzene ring substituents is 1. The number of carboxylic acids is 1. The summed E-state index contributed by atoms with van der Waals surface area (Å²) in [6.45, 7) is 0. The van der Waals surface area contributed by atoms with Gasteiger partial charge in [-0.05, 0) is 83.2 Å². The smallest absolute Gasteiger partial charge is 0.338 e. The number of nitrogens with zero attached hydrogens (tertiary/aromatic N) is 7. The van der Waals surface area contributed by atoms with Crippen molar-refractivity contribution in [2.75, 3.05) is 5.73 Å². The van der Waals surface area contributed by atoms with Crippen LogP contribution in [0.15, 0.2) is 144 Å². The minimum Gasteiger partial charge on any atom is -0.508 e. The second-order valence-electron chi connectivity index (χ2n) is 11.7. The third kappa shape index (κ3) is 8.58. The molecule has 0 aliphatic rings. The second kappa shape index (κ2) is 15.3. The van der Waals surface area contributed by atoms with E-state index >= 15 is 0 Å². The molecule has 0 aliphatic heterocycles. The van der Waals surface area contributed by atoms with Crippen LogP contribution in [0.1, 0.15) is 10.4 Å². The highest BCUT2D eigenvalue weighted by atomic mass is 32.2. The fraction of sp³-hybridized carbons (Fsp3) is 0. The zero-order valence-electron chi connectivity index (χ0n) is 28.4. The van der Waals surface area contributed by atoms with E-state index in [-0.39, 0.29) is 39.4 Å². The van der Waals surface area contributed by atoms with Gasteiger partial charge in [0.25, 0.3) is 25.9 Å². The SMILES string of the molecule is Nc1c(N=Nc2ccc([N+](=O)[O-])cc2)c(S(=O)(=O)O)cc2cc(S(=O)(=O)O)c(N=Nc3ccc(-c4ccc(N=Nc5ccc(O)cc5C(=O)O)cc4)cc3)c(O)c12. The molecule has 0 saturated heterocycles. The lowest BCUT2D eigenvalue weighted by Gasteiger charge is -2.14. The summed E-state index contributed by atoms with van der Waals surface area (Å²) in [4.78, 5) is 19.8. The lowest BCUT2D eigenvalue weighted by atomic mass is 10.0. The standard InChI is InChI=1S/C35H24N8O12S2/c36-31-30-20(15-28(56(50,51)52)32(31)41-38-23-9-11-24(12-10-23)43(48)49)16-29(57(53,54)55)33(34(30)45)42-39-22-7-3-19(4-8-22)18-1-5-21(6-2-18)37-40-27-14-13-25(44)17-26(27)35(46)47/h1-17,44-45H,36H2,(H,46,47)(H,50,51,52)(H,53,54,55). The Morgan fingerprint density at radius 3 is 1.56 bits per heavy atom. The number of carboxylic acid groups (broad SMARTS) is 1. The van der Waals surface area contributed by atoms with Crippen LogP contribution in [0, 0.1) is 10.1 Å². The van der Waals surface area contributed by atoms with Crippen LogP contribution in [0.25, 0.3) is 21.9 Å². The molecule has 6 aromatic carbocycles. The summed E-state index contributed by atoms with van der Waals surface area (Å²) in [5, 5.41) is 63.9. The van der Waals surface area contributed by atoms with E-state index in [9.17, 15) is 56.2 Å². The van der Waals surface area contributed by atoms with Gasteiger partial charge >= 0.3 is 5.97 Å². The number of carbonyl (C=O) groups is 1. The van der Waals surface area contributed by atoms with Gasteiger partial charge in [-0.25, -0.2) is 4.79 Å². The highest BCUT2D eigenvalue weighted by Gasteiger charge is 2.28. The molecular formula is C35H24N8O12S2. The van der Waals surface area contributed by atoms with E-state index in [1.807, 2.05) is 0 Å². The van der Waals surface area contributed by atoms with Crippen molar-refractivity contribution in [3.8, 4) is 22.6 Å². The average molecular weight is 813 g/mol. The van der Waals surface area contributed by atoms with E-state index in [0.717, 1.165) is 35.9 Å². The number of hydrogen-bond acceptors (Lipinski definition) is 16. The number of nitro groups is 1. The molecule has 0 heterocycles. The first-order chi connectivity index (χ1) is 26.9. The second-order valence-corrected chi connectivity index (χ2v) is 14.5. The Kier molecular flexibility index (Phi) is 10.5. The van der Waals surface area contributed by atoms with E-state index in [1.54, 1.807) is 36.4 Å². The largest absolute Gasteiger partial charge is 0.508 e. The number of hydrogen-bond donors (Lipinski definition) is 6. The van der Waals surface area contributed by atoms with Crippen molar-refractivity contribution < 1.29 is 51.0 Å². The van der Waals surface area contributed by atoms with Crippen LogP contribution in [-0.4, -0.2) is 52.2 Å². The highest BCUT2D eigenvalue weighted by molar-refractivity contribution is 7.86. The maximum atomic E-state index is 12.4. The summed E-state index contributed by atoms with van der Waals surface area (Å²) in [6.07, 6.45) is 0. The molecule has 0 aromatic heterocycles. The molecule has 0 spiro atoms. The Morgan fingerprint density at radius 2 is 1.09 bits per heavy atom. The number of phenols is 2. The number of nitro benzene ring substituents is 1. The summed E-state index contributed by atoms with van der Waals surface area (Å²) >= 11 is 0. The molecule has 0 radical (unpaired) electrons. The van der Waals surface area contributed by atoms with Gasteiger partial charge in [-0.2, -0.15) is 32.2 Å². The predicted octanol–water partition coefficient (Wildman–Crippen LogP) is 8.85. The Balaban J connectivity index is 1.32. The van der Waals surface area contributed by atoms with Crippen molar-refractivity contribution >= 4 is 82.5 Å². The van der Waals surface area contributed by atoms with E-state index in [4.69, 9.17) is 5.73 Å². The van der Waals surface area contributed by atoms with Gasteiger partial charge in [0.2, 0.25) is 0 Å². The van der Waals surface area contributed by atoms with E-state index in [0.29, 0.717) is 11.3 Å². The zero-order chi connectivity index (χ0) is 41.2. The van der Waals surface area contributed by atoms with Crippen molar-refractivity contribution in [1.82, 2.24) is 0 Å². The van der Waals surface area contributed by atoms with Crippen LogP contribution >= 0.6 is 0 Å². The zero-order valence-corrected chi connectivity index (χ0v) is 30.1. The van der Waals surface area contributed by atoms with Crippen molar-refractivity contribution in [1.29, 1.82) is 0 Å². The Hall–Kier alpha value is -7.53. The van der Waals surface area contributed by atoms with Gasteiger partial charge < -0.3 is 21.1 Å². The van der Waals surface area contributed by atoms with Gasteiger partial charge in [0.05, 0.1) is 38.6 Å². The van der Waals surface area contributed by atoms with Crippen LogP contribution in [0.3, 0.4) is 0 Å². The number of azo groups is 3. The molecule has 6 rings (SSSR count). The normalized spacial score (nSPS) is 12.2. The Bertz CT molecular complexity index is 2920. The fourth-order valence-electron chi connectivity index (χ4n) is 5.30. The molecular weight excluding hydrogens is 789 g/mol. The molecule has 288 valence electrons. The van der Waals surface area contributed by atoms with Gasteiger partial charge in [0.15, 0.2) is 5.75 Å². The molecule has 0 bridgehead atoms. The van der Waals surface area contributed by atoms with Crippen molar-refractivity contribution in [2.45, 2.75) is 9.79 Å². The molecule has 20 nitrogen and oxygen atoms in total. The fourth-order valence-corrected chi connectivity index (χ4v) is 6.62. The van der Waals surface area contributed by atoms with Crippen molar-refractivity contribution in [2.24, 2.45) is 30.7 Å². The Labute approximate surface area is 320 Å². The number of rotatable bonds is 11. The van der Waals surface area contributed by atoms with Crippen LogP contribution in [0.4, 0.5) is 45.5 Å². The quantitative estimate of drug-likeness (QED) is 0.0234. The van der Waals surface area contributed by atoms with E-state index in [1.165, 1.54) is 36.4 Å². The van der Waals surface area contributed by atoms with Gasteiger partial charge in [-0.15, -0.1) is 15.3 Å². The number of benzene rings is 6. The lowest BCUT2D eigenvalue weighted by Crippen LogP contribution is -2.03. The first kappa shape index (κ1) is 39.2. The third-order valence-electron chi connectivity index (χ3n) is 8.01. The van der Waals surface area contributed by atoms with Gasteiger partial charge in [-0.3, -0.25) is 19.2 Å². The molecule has 7 N–H and O–H groups in total. The van der Waals surface area contributed by atoms with E-state index < -0.39 is 69.1 Å². The number of fused-ring (bicyclic) bond motifs is 1. The summed E-state index contributed by atoms with van der Waals surface area (Å²) in [5.41, 5.74) is 5.65. The number of anilines is 1. The van der Waals surface area contributed by atoms with Gasteiger partial charge in [0.1, 0.15) is 32.6 Å². The lowest BCUT2D eigenvalue weighted by molar-refractivity contribution is -0.384. The number of aromatic carboxylic acids is 1. The predicted molar refractivity (Wildman–Crippen MR) is 202 cm³/mol. The van der Waals surface area contributed by atoms with Crippen LogP contribution in [0.2, 0.25) is 0 Å². The molecule has 0 amide bonds. The van der Waals surface area contributed by atoms with Gasteiger partial charge in [0, 0.05) is 12.1 Å². The molecule has 0 saturated carbocycles. The Morgan fingerprint density at radius 1 is 0.632 bits per heavy atom. The van der Waals surface area contributed by atoms with Crippen molar-refractivity contribution in [3.63, 3.8) is 0 Å². The minimum absolute atomic E-state index is 0.0101. The monoisotopic (exact) mass is 812 g/mol. The van der Waals surface area contributed by atoms with Crippen LogP contribution < -0.4 is 5.73 Å². The van der Waals surface area contributed by atoms with Crippen LogP contribution in [-0.2, 0) is 20.2 Å². The molecule has 0 aliphatic carbocycles. The summed E-state index contributed by atoms with van der Waals surface area (Å²) in [6, 6.07) is 22.7. The average Bonchev–Trinajstić information content (AvgIpc) is 3.16. The number of nitrogens with two attached hydrogens (primary N) is 1. The first-order valence-corrected chi connectivity index (χ1v) is 18.6. The molecule has 6 aromatic rings. The molecule has 22 heteroatoms. The van der Waals surface area contributed by atoms with E-state index in [2.05, 4.69) is 30.7 Å². The van der Waals surface area contributed by atoms with Crippen LogP contribution in [0.5, 0.6) is 11.5 Å². The molecule has 0 atom stereocenters. The maximum Gasteiger partial charge on any atom is 0.338 e. The third-order valence-corrected chi connectivity index (χ3v) is 9.75. The topological polar surface area (TPSA) is 330 Å². The van der Waals surface area contributed by atoms with Gasteiger partial charge in [-0.1, -0.05) is 24.3 Å². The highest BCUT2D eigenvalue weighted by Crippen LogP contribution is 2.48. The maximum absolute atomic E-state index is 12.4. The molecule has 57 heavy (non-hydrogen) atoms. The number of phenolic OH excluding ortho intramolecular Hbond substituents is 2. The number of aromatic hydroxyl groups is 2. The van der Waals surface area contributed by atoms with Crippen molar-refractivity contribution in [3.05, 3.63) is 119 Å². The first-order valence-electron chi connectivity index (χ1n) is 15.7. The molecule has 0 fully saturated rings. The molecule has 0 unspecified atom stereocenters.